The summed E-state index contributed by atoms with van der Waals surface area (Å²) >= 11 is 1.51. The van der Waals surface area contributed by atoms with Crippen LogP contribution in [0.25, 0.3) is 43.8 Å². The third-order valence-electron chi connectivity index (χ3n) is 4.80. The van der Waals surface area contributed by atoms with Gasteiger partial charge in [0.15, 0.2) is 5.65 Å². The number of thiophene rings is 1. The highest BCUT2D eigenvalue weighted by Gasteiger charge is 2.17. The minimum absolute atomic E-state index is 0.536. The van der Waals surface area contributed by atoms with Crippen molar-refractivity contribution in [1.82, 2.24) is 29.5 Å². The van der Waals surface area contributed by atoms with Crippen LogP contribution < -0.4 is 0 Å². The van der Waals surface area contributed by atoms with Crippen LogP contribution in [-0.4, -0.2) is 34.6 Å². The van der Waals surface area contributed by atoms with Gasteiger partial charge in [-0.25, -0.2) is 9.97 Å². The van der Waals surface area contributed by atoms with E-state index in [4.69, 9.17) is 4.98 Å². The number of hydrogen-bond acceptors (Lipinski definition) is 6. The molecule has 1 atom stereocenters. The van der Waals surface area contributed by atoms with E-state index in [1.165, 1.54) is 11.3 Å². The van der Waals surface area contributed by atoms with Crippen LogP contribution in [-0.2, 0) is 14.1 Å². The molecule has 5 aromatic rings. The SMILES string of the molecule is CC(O)c1cc2c(-c3cnc4nn(C)cc4c3)cc(-c3ccnn3C)nc2s1. The first-order valence-corrected chi connectivity index (χ1v) is 9.72. The lowest BCUT2D eigenvalue weighted by Gasteiger charge is -2.08. The lowest BCUT2D eigenvalue weighted by Crippen LogP contribution is -1.96. The number of aromatic nitrogens is 6. The maximum atomic E-state index is 10.1. The molecule has 8 heteroatoms. The Morgan fingerprint density at radius 3 is 2.79 bits per heavy atom. The molecule has 140 valence electrons. The molecular weight excluding hydrogens is 372 g/mol. The summed E-state index contributed by atoms with van der Waals surface area (Å²) in [6, 6.07) is 8.13. The van der Waals surface area contributed by atoms with Gasteiger partial charge in [-0.1, -0.05) is 0 Å². The normalized spacial score (nSPS) is 12.9. The molecule has 0 aromatic carbocycles. The average molecular weight is 390 g/mol. The summed E-state index contributed by atoms with van der Waals surface area (Å²) in [6.07, 6.45) is 5.03. The molecule has 28 heavy (non-hydrogen) atoms. The topological polar surface area (TPSA) is 81.7 Å². The Bertz CT molecular complexity index is 1330. The van der Waals surface area contributed by atoms with E-state index in [2.05, 4.69) is 27.3 Å². The van der Waals surface area contributed by atoms with Gasteiger partial charge in [-0.05, 0) is 36.8 Å². The Kier molecular flexibility index (Phi) is 3.78. The second-order valence-electron chi connectivity index (χ2n) is 6.88. The fourth-order valence-corrected chi connectivity index (χ4v) is 4.41. The molecular formula is C20H18N6OS. The number of fused-ring (bicyclic) bond motifs is 2. The summed E-state index contributed by atoms with van der Waals surface area (Å²) in [6.45, 7) is 1.77. The quantitative estimate of drug-likeness (QED) is 0.508. The third-order valence-corrected chi connectivity index (χ3v) is 6.00. The Balaban J connectivity index is 1.80. The van der Waals surface area contributed by atoms with Crippen LogP contribution >= 0.6 is 11.3 Å². The highest BCUT2D eigenvalue weighted by molar-refractivity contribution is 7.18. The number of pyridine rings is 2. The molecule has 0 aliphatic rings. The molecule has 0 bridgehead atoms. The summed E-state index contributed by atoms with van der Waals surface area (Å²) in [5, 5.41) is 20.7. The molecule has 0 radical (unpaired) electrons. The standard InChI is InChI=1S/C20H18N6OS/c1-11(27)18-8-15-14(12-6-13-10-25(2)24-19(13)21-9-12)7-16(23-20(15)28-18)17-4-5-22-26(17)3/h4-11,27H,1-3H3. The molecule has 0 aliphatic heterocycles. The van der Waals surface area contributed by atoms with E-state index >= 15 is 0 Å². The van der Waals surface area contributed by atoms with Gasteiger partial charge in [0.2, 0.25) is 0 Å². The van der Waals surface area contributed by atoms with Crippen molar-refractivity contribution in [3.05, 3.63) is 47.7 Å². The van der Waals surface area contributed by atoms with Gasteiger partial charge in [-0.2, -0.15) is 10.2 Å². The number of aryl methyl sites for hydroxylation is 2. The smallest absolute Gasteiger partial charge is 0.181 e. The van der Waals surface area contributed by atoms with Gasteiger partial charge < -0.3 is 5.11 Å². The molecule has 5 rings (SSSR count). The first-order valence-electron chi connectivity index (χ1n) is 8.90. The van der Waals surface area contributed by atoms with Crippen molar-refractivity contribution < 1.29 is 5.11 Å². The fourth-order valence-electron chi connectivity index (χ4n) is 3.41. The van der Waals surface area contributed by atoms with E-state index in [0.29, 0.717) is 0 Å². The maximum Gasteiger partial charge on any atom is 0.181 e. The molecule has 1 N–H and O–H groups in total. The van der Waals surface area contributed by atoms with E-state index in [-0.39, 0.29) is 0 Å². The molecule has 1 unspecified atom stereocenters. The highest BCUT2D eigenvalue weighted by atomic mass is 32.1. The monoisotopic (exact) mass is 390 g/mol. The minimum Gasteiger partial charge on any atom is -0.388 e. The average Bonchev–Trinajstić information content (AvgIpc) is 3.36. The molecule has 0 aliphatic carbocycles. The van der Waals surface area contributed by atoms with E-state index in [1.54, 1.807) is 17.8 Å². The zero-order valence-corrected chi connectivity index (χ0v) is 16.5. The summed E-state index contributed by atoms with van der Waals surface area (Å²) in [5.74, 6) is 0. The van der Waals surface area contributed by atoms with Crippen LogP contribution in [0.2, 0.25) is 0 Å². The Labute approximate surface area is 164 Å². The number of nitrogens with zero attached hydrogens (tertiary/aromatic N) is 6. The summed E-state index contributed by atoms with van der Waals surface area (Å²) in [4.78, 5) is 11.1. The number of aliphatic hydroxyl groups excluding tert-OH is 1. The van der Waals surface area contributed by atoms with Crippen molar-refractivity contribution in [1.29, 1.82) is 0 Å². The minimum atomic E-state index is -0.536. The van der Waals surface area contributed by atoms with E-state index in [0.717, 1.165) is 48.6 Å². The predicted octanol–water partition coefficient (Wildman–Crippen LogP) is 3.70. The zero-order chi connectivity index (χ0) is 19.4. The van der Waals surface area contributed by atoms with Crippen LogP contribution in [0, 0.1) is 0 Å². The van der Waals surface area contributed by atoms with Crippen molar-refractivity contribution in [3.63, 3.8) is 0 Å². The van der Waals surface area contributed by atoms with Gasteiger partial charge >= 0.3 is 0 Å². The molecule has 0 saturated carbocycles. The maximum absolute atomic E-state index is 10.1. The van der Waals surface area contributed by atoms with Crippen LogP contribution in [0.5, 0.6) is 0 Å². The van der Waals surface area contributed by atoms with E-state index in [9.17, 15) is 5.11 Å². The first kappa shape index (κ1) is 17.0. The van der Waals surface area contributed by atoms with Crippen LogP contribution in [0.15, 0.2) is 42.9 Å². The second-order valence-corrected chi connectivity index (χ2v) is 7.94. The Morgan fingerprint density at radius 2 is 2.04 bits per heavy atom. The van der Waals surface area contributed by atoms with Crippen LogP contribution in [0.1, 0.15) is 17.9 Å². The fraction of sp³-hybridized carbons (Fsp3) is 0.200. The van der Waals surface area contributed by atoms with Gasteiger partial charge in [0, 0.05) is 53.9 Å². The van der Waals surface area contributed by atoms with Crippen molar-refractivity contribution in [3.8, 4) is 22.5 Å². The van der Waals surface area contributed by atoms with Crippen molar-refractivity contribution in [2.24, 2.45) is 14.1 Å². The summed E-state index contributed by atoms with van der Waals surface area (Å²) < 4.78 is 3.57. The van der Waals surface area contributed by atoms with Crippen LogP contribution in [0.3, 0.4) is 0 Å². The molecule has 0 amide bonds. The molecule has 7 nitrogen and oxygen atoms in total. The van der Waals surface area contributed by atoms with E-state index < -0.39 is 6.10 Å². The number of rotatable bonds is 3. The molecule has 5 aromatic heterocycles. The lowest BCUT2D eigenvalue weighted by atomic mass is 10.0. The lowest BCUT2D eigenvalue weighted by molar-refractivity contribution is 0.203. The number of aliphatic hydroxyl groups is 1. The number of hydrogen-bond donors (Lipinski definition) is 1. The molecule has 0 saturated heterocycles. The van der Waals surface area contributed by atoms with Crippen molar-refractivity contribution in [2.45, 2.75) is 13.0 Å². The third kappa shape index (κ3) is 2.69. The largest absolute Gasteiger partial charge is 0.388 e. The Morgan fingerprint density at radius 1 is 1.18 bits per heavy atom. The van der Waals surface area contributed by atoms with Gasteiger partial charge in [-0.15, -0.1) is 11.3 Å². The predicted molar refractivity (Wildman–Crippen MR) is 110 cm³/mol. The van der Waals surface area contributed by atoms with Crippen LogP contribution in [0.4, 0.5) is 0 Å². The van der Waals surface area contributed by atoms with Gasteiger partial charge in [0.05, 0.1) is 17.5 Å². The Hall–Kier alpha value is -3.10. The zero-order valence-electron chi connectivity index (χ0n) is 15.7. The molecule has 5 heterocycles. The summed E-state index contributed by atoms with van der Waals surface area (Å²) in [5.41, 5.74) is 4.52. The first-order chi connectivity index (χ1) is 13.5. The molecule has 0 spiro atoms. The highest BCUT2D eigenvalue weighted by Crippen LogP contribution is 2.38. The van der Waals surface area contributed by atoms with Crippen molar-refractivity contribution >= 4 is 32.6 Å². The molecule has 0 fully saturated rings. The van der Waals surface area contributed by atoms with Gasteiger partial charge in [0.1, 0.15) is 4.83 Å². The van der Waals surface area contributed by atoms with Gasteiger partial charge in [0.25, 0.3) is 0 Å². The second kappa shape index (κ2) is 6.22. The summed E-state index contributed by atoms with van der Waals surface area (Å²) in [7, 11) is 3.79. The van der Waals surface area contributed by atoms with Crippen molar-refractivity contribution in [2.75, 3.05) is 0 Å². The van der Waals surface area contributed by atoms with E-state index in [1.807, 2.05) is 43.3 Å². The van der Waals surface area contributed by atoms with Gasteiger partial charge in [-0.3, -0.25) is 9.36 Å².